The van der Waals surface area contributed by atoms with Crippen LogP contribution in [0.4, 0.5) is 13.2 Å². The SMILES string of the molecule is CC[C@H](C)[C@H](NC(=O)C(F)(F)F)C(=O)N1C[C@H]2[C@@H]([C@H]1C(=O)N[C@@H](C[C@@H]1CCNC1=O)C(N)=O)C2(C)C. The average molecular weight is 518 g/mol. The molecule has 0 aromatic heterocycles. The molecule has 13 heteroatoms. The lowest BCUT2D eigenvalue weighted by molar-refractivity contribution is -0.175. The molecular weight excluding hydrogens is 483 g/mol. The molecule has 0 bridgehead atoms. The predicted molar refractivity (Wildman–Crippen MR) is 121 cm³/mol. The van der Waals surface area contributed by atoms with Crippen molar-refractivity contribution < 1.29 is 37.1 Å². The van der Waals surface area contributed by atoms with Gasteiger partial charge in [-0.25, -0.2) is 0 Å². The Hall–Kier alpha value is -2.86. The highest BCUT2D eigenvalue weighted by atomic mass is 19.4. The van der Waals surface area contributed by atoms with Crippen molar-refractivity contribution >= 4 is 29.5 Å². The summed E-state index contributed by atoms with van der Waals surface area (Å²) in [7, 11) is 0. The third-order valence-corrected chi connectivity index (χ3v) is 8.13. The van der Waals surface area contributed by atoms with Crippen LogP contribution in [0.15, 0.2) is 0 Å². The van der Waals surface area contributed by atoms with E-state index in [-0.39, 0.29) is 36.1 Å². The van der Waals surface area contributed by atoms with Gasteiger partial charge < -0.3 is 26.6 Å². The third-order valence-electron chi connectivity index (χ3n) is 8.13. The first kappa shape index (κ1) is 27.7. The topological polar surface area (TPSA) is 151 Å². The molecule has 0 radical (unpaired) electrons. The molecule has 202 valence electrons. The van der Waals surface area contributed by atoms with Gasteiger partial charge in [-0.15, -0.1) is 0 Å². The summed E-state index contributed by atoms with van der Waals surface area (Å²) in [6, 6.07) is -3.68. The monoisotopic (exact) mass is 517 g/mol. The summed E-state index contributed by atoms with van der Waals surface area (Å²) in [5.41, 5.74) is 5.18. The van der Waals surface area contributed by atoms with E-state index >= 15 is 0 Å². The number of amides is 5. The maximum atomic E-state index is 13.5. The van der Waals surface area contributed by atoms with Gasteiger partial charge in [0.05, 0.1) is 0 Å². The van der Waals surface area contributed by atoms with Gasteiger partial charge in [-0.05, 0) is 36.0 Å². The number of carbonyl (C=O) groups excluding carboxylic acids is 5. The van der Waals surface area contributed by atoms with E-state index in [4.69, 9.17) is 5.73 Å². The number of hydrogen-bond donors (Lipinski definition) is 4. The fourth-order valence-electron chi connectivity index (χ4n) is 5.56. The fourth-order valence-corrected chi connectivity index (χ4v) is 5.56. The van der Waals surface area contributed by atoms with E-state index in [1.165, 1.54) is 4.90 Å². The zero-order valence-corrected chi connectivity index (χ0v) is 20.8. The van der Waals surface area contributed by atoms with Gasteiger partial charge in [0, 0.05) is 19.0 Å². The van der Waals surface area contributed by atoms with Gasteiger partial charge in [0.2, 0.25) is 23.6 Å². The molecule has 7 atom stereocenters. The molecule has 5 amide bonds. The summed E-state index contributed by atoms with van der Waals surface area (Å²) < 4.78 is 38.8. The van der Waals surface area contributed by atoms with E-state index in [2.05, 4.69) is 10.6 Å². The van der Waals surface area contributed by atoms with Gasteiger partial charge in [0.15, 0.2) is 0 Å². The van der Waals surface area contributed by atoms with Crippen molar-refractivity contribution in [3.8, 4) is 0 Å². The van der Waals surface area contributed by atoms with Crippen LogP contribution in [0.1, 0.15) is 47.0 Å². The second-order valence-electron chi connectivity index (χ2n) is 10.7. The molecule has 5 N–H and O–H groups in total. The summed E-state index contributed by atoms with van der Waals surface area (Å²) >= 11 is 0. The molecule has 0 aromatic carbocycles. The van der Waals surface area contributed by atoms with Crippen molar-refractivity contribution in [1.29, 1.82) is 0 Å². The number of alkyl halides is 3. The maximum absolute atomic E-state index is 13.5. The van der Waals surface area contributed by atoms with Crippen molar-refractivity contribution in [3.63, 3.8) is 0 Å². The van der Waals surface area contributed by atoms with Gasteiger partial charge in [-0.2, -0.15) is 13.2 Å². The summed E-state index contributed by atoms with van der Waals surface area (Å²) in [5.74, 6) is -6.21. The number of halogens is 3. The first-order valence-corrected chi connectivity index (χ1v) is 12.2. The van der Waals surface area contributed by atoms with Gasteiger partial charge in [0.25, 0.3) is 0 Å². The molecule has 0 aromatic rings. The molecule has 0 spiro atoms. The zero-order chi connectivity index (χ0) is 27.2. The van der Waals surface area contributed by atoms with E-state index in [9.17, 15) is 37.1 Å². The Bertz CT molecular complexity index is 940. The molecular formula is C23H34F3N5O5. The molecule has 0 unspecified atom stereocenters. The molecule has 2 saturated heterocycles. The second kappa shape index (κ2) is 9.89. The number of rotatable bonds is 9. The van der Waals surface area contributed by atoms with Gasteiger partial charge in [-0.1, -0.05) is 34.1 Å². The Morgan fingerprint density at radius 1 is 1.22 bits per heavy atom. The molecule has 3 rings (SSSR count). The zero-order valence-electron chi connectivity index (χ0n) is 20.8. The first-order chi connectivity index (χ1) is 16.6. The van der Waals surface area contributed by atoms with Gasteiger partial charge in [0.1, 0.15) is 18.1 Å². The van der Waals surface area contributed by atoms with Crippen LogP contribution >= 0.6 is 0 Å². The van der Waals surface area contributed by atoms with Crippen molar-refractivity contribution in [2.45, 2.75) is 71.3 Å². The molecule has 1 aliphatic carbocycles. The lowest BCUT2D eigenvalue weighted by atomic mass is 9.94. The van der Waals surface area contributed by atoms with Crippen LogP contribution < -0.4 is 21.7 Å². The van der Waals surface area contributed by atoms with Crippen LogP contribution in [0.3, 0.4) is 0 Å². The number of likely N-dealkylation sites (tertiary alicyclic amines) is 1. The molecule has 2 aliphatic heterocycles. The minimum Gasteiger partial charge on any atom is -0.368 e. The largest absolute Gasteiger partial charge is 0.471 e. The predicted octanol–water partition coefficient (Wildman–Crippen LogP) is 0.0589. The number of fused-ring (bicyclic) bond motifs is 1. The number of hydrogen-bond acceptors (Lipinski definition) is 5. The third kappa shape index (κ3) is 5.29. The number of nitrogens with one attached hydrogen (secondary N) is 3. The normalized spacial score (nSPS) is 29.0. The van der Waals surface area contributed by atoms with Crippen molar-refractivity contribution in [2.24, 2.45) is 34.8 Å². The first-order valence-electron chi connectivity index (χ1n) is 12.2. The lowest BCUT2D eigenvalue weighted by Gasteiger charge is -2.35. The number of nitrogens with zero attached hydrogens (tertiary/aromatic N) is 1. The summed E-state index contributed by atoms with van der Waals surface area (Å²) in [6.07, 6.45) is -4.37. The maximum Gasteiger partial charge on any atom is 0.471 e. The van der Waals surface area contributed by atoms with E-state index < -0.39 is 59.8 Å². The van der Waals surface area contributed by atoms with Crippen LogP contribution in [0.2, 0.25) is 0 Å². The van der Waals surface area contributed by atoms with Crippen LogP contribution in [-0.2, 0) is 24.0 Å². The molecule has 3 fully saturated rings. The van der Waals surface area contributed by atoms with Gasteiger partial charge >= 0.3 is 12.1 Å². The lowest BCUT2D eigenvalue weighted by Crippen LogP contribution is -2.60. The van der Waals surface area contributed by atoms with Crippen LogP contribution in [0.5, 0.6) is 0 Å². The van der Waals surface area contributed by atoms with Crippen LogP contribution in [0.25, 0.3) is 0 Å². The molecule has 2 heterocycles. The standard InChI is InChI=1S/C23H34F3N5O5/c1-5-10(2)15(30-21(36)23(24,25)26)20(35)31-9-12-14(22(12,3)4)16(31)19(34)29-13(17(27)32)8-11-6-7-28-18(11)33/h10-16H,5-9H2,1-4H3,(H2,27,32)(H,28,33)(H,29,34)(H,30,36)/t10-,11-,12-,13-,14-,15-,16-/m0/s1. The minimum atomic E-state index is -5.17. The van der Waals surface area contributed by atoms with Gasteiger partial charge in [-0.3, -0.25) is 24.0 Å². The fraction of sp³-hybridized carbons (Fsp3) is 0.783. The molecule has 10 nitrogen and oxygen atoms in total. The van der Waals surface area contributed by atoms with E-state index in [0.29, 0.717) is 19.4 Å². The number of piperidine rings is 1. The molecule has 1 saturated carbocycles. The Morgan fingerprint density at radius 3 is 2.36 bits per heavy atom. The Morgan fingerprint density at radius 2 is 1.86 bits per heavy atom. The summed E-state index contributed by atoms with van der Waals surface area (Å²) in [5, 5.41) is 7.03. The highest BCUT2D eigenvalue weighted by Crippen LogP contribution is 2.65. The molecule has 3 aliphatic rings. The average Bonchev–Trinajstić information content (AvgIpc) is 3.14. The van der Waals surface area contributed by atoms with Crippen LogP contribution in [0, 0.1) is 29.1 Å². The Labute approximate surface area is 207 Å². The second-order valence-corrected chi connectivity index (χ2v) is 10.7. The molecule has 36 heavy (non-hydrogen) atoms. The smallest absolute Gasteiger partial charge is 0.368 e. The Kier molecular flexibility index (Phi) is 7.62. The quantitative estimate of drug-likeness (QED) is 0.341. The Balaban J connectivity index is 1.82. The number of carbonyl (C=O) groups is 5. The minimum absolute atomic E-state index is 0.00218. The van der Waals surface area contributed by atoms with Crippen molar-refractivity contribution in [1.82, 2.24) is 20.9 Å². The summed E-state index contributed by atoms with van der Waals surface area (Å²) in [4.78, 5) is 63.8. The summed E-state index contributed by atoms with van der Waals surface area (Å²) in [6.45, 7) is 7.66. The number of primary amides is 1. The number of nitrogens with two attached hydrogens (primary N) is 1. The van der Waals surface area contributed by atoms with Crippen molar-refractivity contribution in [2.75, 3.05) is 13.1 Å². The van der Waals surface area contributed by atoms with Crippen LogP contribution in [-0.4, -0.2) is 71.8 Å². The van der Waals surface area contributed by atoms with E-state index in [0.717, 1.165) is 0 Å². The van der Waals surface area contributed by atoms with Crippen molar-refractivity contribution in [3.05, 3.63) is 0 Å². The highest BCUT2D eigenvalue weighted by Gasteiger charge is 2.69. The van der Waals surface area contributed by atoms with E-state index in [1.54, 1.807) is 19.2 Å². The highest BCUT2D eigenvalue weighted by molar-refractivity contribution is 5.96. The van der Waals surface area contributed by atoms with E-state index in [1.807, 2.05) is 13.8 Å².